The highest BCUT2D eigenvalue weighted by atomic mass is 16.5. The topological polar surface area (TPSA) is 33.7 Å². The molecule has 118 valence electrons. The lowest BCUT2D eigenvalue weighted by Crippen LogP contribution is -2.28. The van der Waals surface area contributed by atoms with E-state index in [1.54, 1.807) is 0 Å². The highest BCUT2D eigenvalue weighted by Gasteiger charge is 2.21. The molecule has 1 aromatic carbocycles. The number of benzene rings is 1. The highest BCUT2D eigenvalue weighted by molar-refractivity contribution is 5.31. The molecule has 1 N–H and O–H groups in total. The second-order valence-electron chi connectivity index (χ2n) is 5.68. The Labute approximate surface area is 128 Å². The third-order valence-electron chi connectivity index (χ3n) is 3.84. The predicted molar refractivity (Wildman–Crippen MR) is 86.2 cm³/mol. The average Bonchev–Trinajstić information content (AvgIpc) is 2.94. The average molecular weight is 292 g/mol. The molecule has 4 nitrogen and oxygen atoms in total. The molecule has 0 saturated carbocycles. The minimum absolute atomic E-state index is 0.751. The van der Waals surface area contributed by atoms with Crippen LogP contribution in [0.2, 0.25) is 0 Å². The second kappa shape index (κ2) is 8.90. The van der Waals surface area contributed by atoms with Crippen molar-refractivity contribution in [2.45, 2.75) is 19.8 Å². The summed E-state index contributed by atoms with van der Waals surface area (Å²) in [5, 5.41) is 3.26. The Kier molecular flexibility index (Phi) is 6.83. The molecule has 2 rings (SSSR count). The van der Waals surface area contributed by atoms with Gasteiger partial charge in [-0.3, -0.25) is 4.90 Å². The lowest BCUT2D eigenvalue weighted by Gasteiger charge is -2.16. The molecule has 1 fully saturated rings. The van der Waals surface area contributed by atoms with Crippen molar-refractivity contribution in [1.82, 2.24) is 10.2 Å². The Morgan fingerprint density at radius 3 is 2.43 bits per heavy atom. The van der Waals surface area contributed by atoms with Crippen LogP contribution in [-0.4, -0.2) is 51.3 Å². The van der Waals surface area contributed by atoms with Crippen molar-refractivity contribution in [1.29, 1.82) is 0 Å². The van der Waals surface area contributed by atoms with E-state index in [0.717, 1.165) is 50.1 Å². The normalized spacial score (nSPS) is 18.9. The lowest BCUT2D eigenvalue weighted by atomic mass is 10.1. The molecule has 1 aliphatic heterocycles. The molecular formula is C17H28N2O2. The van der Waals surface area contributed by atoms with Crippen LogP contribution in [0.5, 0.6) is 11.5 Å². The van der Waals surface area contributed by atoms with E-state index in [9.17, 15) is 0 Å². The quantitative estimate of drug-likeness (QED) is 0.758. The van der Waals surface area contributed by atoms with Crippen molar-refractivity contribution in [3.63, 3.8) is 0 Å². The van der Waals surface area contributed by atoms with Gasteiger partial charge in [-0.2, -0.15) is 0 Å². The summed E-state index contributed by atoms with van der Waals surface area (Å²) in [5.41, 5.74) is 0. The summed E-state index contributed by atoms with van der Waals surface area (Å²) in [6.07, 6.45) is 2.33. The summed E-state index contributed by atoms with van der Waals surface area (Å²) in [7, 11) is 2.03. The van der Waals surface area contributed by atoms with E-state index in [2.05, 4.69) is 17.1 Å². The van der Waals surface area contributed by atoms with Crippen LogP contribution in [0.3, 0.4) is 0 Å². The number of nitrogens with zero attached hydrogens (tertiary/aromatic N) is 1. The first kappa shape index (κ1) is 16.1. The van der Waals surface area contributed by atoms with Gasteiger partial charge in [-0.15, -0.1) is 0 Å². The van der Waals surface area contributed by atoms with Gasteiger partial charge < -0.3 is 14.8 Å². The molecule has 0 bridgehead atoms. The zero-order chi connectivity index (χ0) is 14.9. The molecule has 0 spiro atoms. The molecule has 4 heteroatoms. The molecular weight excluding hydrogens is 264 g/mol. The van der Waals surface area contributed by atoms with Crippen LogP contribution < -0.4 is 14.8 Å². The van der Waals surface area contributed by atoms with Crippen molar-refractivity contribution in [3.05, 3.63) is 24.3 Å². The number of rotatable bonds is 9. The maximum atomic E-state index is 5.81. The minimum atomic E-state index is 0.751. The van der Waals surface area contributed by atoms with Crippen LogP contribution >= 0.6 is 0 Å². The van der Waals surface area contributed by atoms with Gasteiger partial charge in [0.2, 0.25) is 0 Å². The van der Waals surface area contributed by atoms with Crippen LogP contribution in [0.4, 0.5) is 0 Å². The zero-order valence-electron chi connectivity index (χ0n) is 13.3. The lowest BCUT2D eigenvalue weighted by molar-refractivity contribution is 0.232. The van der Waals surface area contributed by atoms with Crippen LogP contribution in [0.1, 0.15) is 19.8 Å². The maximum absolute atomic E-state index is 5.81. The van der Waals surface area contributed by atoms with Crippen molar-refractivity contribution in [2.75, 3.05) is 46.4 Å². The van der Waals surface area contributed by atoms with E-state index in [1.807, 2.05) is 31.3 Å². The molecule has 1 aliphatic rings. The van der Waals surface area contributed by atoms with Gasteiger partial charge in [-0.1, -0.05) is 6.92 Å². The van der Waals surface area contributed by atoms with Gasteiger partial charge in [0, 0.05) is 13.1 Å². The molecule has 1 unspecified atom stereocenters. The summed E-state index contributed by atoms with van der Waals surface area (Å²) >= 11 is 0. The van der Waals surface area contributed by atoms with E-state index in [4.69, 9.17) is 9.47 Å². The summed E-state index contributed by atoms with van der Waals surface area (Å²) in [4.78, 5) is 2.49. The van der Waals surface area contributed by atoms with Crippen molar-refractivity contribution < 1.29 is 9.47 Å². The van der Waals surface area contributed by atoms with Gasteiger partial charge in [0.15, 0.2) is 0 Å². The van der Waals surface area contributed by atoms with Gasteiger partial charge in [0.25, 0.3) is 0 Å². The fraction of sp³-hybridized carbons (Fsp3) is 0.647. The molecule has 1 aromatic rings. The third kappa shape index (κ3) is 5.56. The van der Waals surface area contributed by atoms with Crippen LogP contribution in [0.25, 0.3) is 0 Å². The molecule has 21 heavy (non-hydrogen) atoms. The molecule has 0 radical (unpaired) electrons. The number of nitrogens with one attached hydrogen (secondary N) is 1. The number of hydrogen-bond acceptors (Lipinski definition) is 4. The van der Waals surface area contributed by atoms with Crippen molar-refractivity contribution in [3.8, 4) is 11.5 Å². The molecule has 0 aromatic heterocycles. The summed E-state index contributed by atoms with van der Waals surface area (Å²) < 4.78 is 11.4. The smallest absolute Gasteiger partial charge is 0.119 e. The highest BCUT2D eigenvalue weighted by Crippen LogP contribution is 2.18. The van der Waals surface area contributed by atoms with Gasteiger partial charge in [0.05, 0.1) is 6.61 Å². The Hall–Kier alpha value is -1.26. The number of likely N-dealkylation sites (tertiary alicyclic amines) is 1. The molecule has 0 amide bonds. The molecule has 1 heterocycles. The molecule has 1 saturated heterocycles. The van der Waals surface area contributed by atoms with Gasteiger partial charge in [-0.25, -0.2) is 0 Å². The third-order valence-corrected chi connectivity index (χ3v) is 3.84. The zero-order valence-corrected chi connectivity index (χ0v) is 13.3. The van der Waals surface area contributed by atoms with E-state index >= 15 is 0 Å². The summed E-state index contributed by atoms with van der Waals surface area (Å²) in [6, 6.07) is 7.92. The summed E-state index contributed by atoms with van der Waals surface area (Å²) in [6.45, 7) is 8.14. The van der Waals surface area contributed by atoms with Crippen LogP contribution in [-0.2, 0) is 0 Å². The van der Waals surface area contributed by atoms with Gasteiger partial charge in [0.1, 0.15) is 18.1 Å². The van der Waals surface area contributed by atoms with Gasteiger partial charge in [-0.05, 0) is 63.2 Å². The first-order valence-electron chi connectivity index (χ1n) is 8.04. The fourth-order valence-electron chi connectivity index (χ4n) is 2.72. The van der Waals surface area contributed by atoms with E-state index in [0.29, 0.717) is 0 Å². The van der Waals surface area contributed by atoms with E-state index in [1.165, 1.54) is 19.5 Å². The Bertz CT molecular complexity index is 394. The van der Waals surface area contributed by atoms with Crippen LogP contribution in [0, 0.1) is 5.92 Å². The minimum Gasteiger partial charge on any atom is -0.494 e. The largest absolute Gasteiger partial charge is 0.494 e. The standard InChI is InChI=1S/C17H28N2O2/c1-3-11-20-16-4-6-17(7-5-16)21-12-10-19-9-8-15(14-19)13-18-2/h4-7,15,18H,3,8-14H2,1-2H3. The Balaban J connectivity index is 1.64. The number of hydrogen-bond donors (Lipinski definition) is 1. The maximum Gasteiger partial charge on any atom is 0.119 e. The first-order valence-corrected chi connectivity index (χ1v) is 8.04. The number of ether oxygens (including phenoxy) is 2. The van der Waals surface area contributed by atoms with E-state index in [-0.39, 0.29) is 0 Å². The van der Waals surface area contributed by atoms with Crippen molar-refractivity contribution >= 4 is 0 Å². The molecule has 1 atom stereocenters. The second-order valence-corrected chi connectivity index (χ2v) is 5.68. The Morgan fingerprint density at radius 2 is 1.81 bits per heavy atom. The van der Waals surface area contributed by atoms with Gasteiger partial charge >= 0.3 is 0 Å². The molecule has 0 aliphatic carbocycles. The fourth-order valence-corrected chi connectivity index (χ4v) is 2.72. The first-order chi connectivity index (χ1) is 10.3. The monoisotopic (exact) mass is 292 g/mol. The van der Waals surface area contributed by atoms with Crippen molar-refractivity contribution in [2.24, 2.45) is 5.92 Å². The Morgan fingerprint density at radius 1 is 1.14 bits per heavy atom. The SMILES string of the molecule is CCCOc1ccc(OCCN2CCC(CNC)C2)cc1. The van der Waals surface area contributed by atoms with Crippen LogP contribution in [0.15, 0.2) is 24.3 Å². The van der Waals surface area contributed by atoms with E-state index < -0.39 is 0 Å². The summed E-state index contributed by atoms with van der Waals surface area (Å²) in [5.74, 6) is 2.63. The predicted octanol–water partition coefficient (Wildman–Crippen LogP) is 2.40.